The zero-order valence-corrected chi connectivity index (χ0v) is 16.0. The van der Waals surface area contributed by atoms with Crippen LogP contribution in [0.25, 0.3) is 16.3 Å². The number of hydrogen-bond acceptors (Lipinski definition) is 7. The molecule has 0 radical (unpaired) electrons. The fourth-order valence-corrected chi connectivity index (χ4v) is 5.11. The molecule has 0 amide bonds. The van der Waals surface area contributed by atoms with Gasteiger partial charge in [0.05, 0.1) is 16.8 Å². The van der Waals surface area contributed by atoms with Gasteiger partial charge in [-0.25, -0.2) is 13.1 Å². The minimum atomic E-state index is -3.86. The van der Waals surface area contributed by atoms with E-state index in [2.05, 4.69) is 20.0 Å². The highest BCUT2D eigenvalue weighted by atomic mass is 32.2. The average Bonchev–Trinajstić information content (AvgIpc) is 3.35. The molecule has 0 aliphatic rings. The Morgan fingerprint density at radius 2 is 1.88 bits per heavy atom. The van der Waals surface area contributed by atoms with Crippen LogP contribution in [0.1, 0.15) is 5.01 Å². The first-order chi connectivity index (χ1) is 12.5. The standard InChI is InChI=1S/C16H13N5O2S3/c1-11-17-18-16(25-11)20-26(22,23)14-10-21(12-6-3-2-4-7-12)19-15(14)13-8-5-9-24-13/h2-10H,1H3,(H,18,20). The molecule has 0 aliphatic heterocycles. The van der Waals surface area contributed by atoms with E-state index in [4.69, 9.17) is 0 Å². The van der Waals surface area contributed by atoms with Gasteiger partial charge in [-0.2, -0.15) is 5.10 Å². The van der Waals surface area contributed by atoms with E-state index in [9.17, 15) is 8.42 Å². The summed E-state index contributed by atoms with van der Waals surface area (Å²) < 4.78 is 30.0. The molecule has 4 rings (SSSR count). The normalized spacial score (nSPS) is 11.6. The van der Waals surface area contributed by atoms with Crippen molar-refractivity contribution in [3.05, 3.63) is 59.0 Å². The van der Waals surface area contributed by atoms with Crippen LogP contribution < -0.4 is 4.72 Å². The molecule has 4 aromatic rings. The van der Waals surface area contributed by atoms with Crippen molar-refractivity contribution >= 4 is 37.8 Å². The quantitative estimate of drug-likeness (QED) is 0.550. The second-order valence-corrected chi connectivity index (χ2v) is 9.11. The third-order valence-corrected chi connectivity index (χ3v) is 6.59. The van der Waals surface area contributed by atoms with Crippen molar-refractivity contribution in [3.63, 3.8) is 0 Å². The molecule has 3 aromatic heterocycles. The van der Waals surface area contributed by atoms with Gasteiger partial charge in [0.2, 0.25) is 5.13 Å². The van der Waals surface area contributed by atoms with E-state index in [0.717, 1.165) is 10.6 Å². The van der Waals surface area contributed by atoms with Crippen LogP contribution in [0, 0.1) is 6.92 Å². The van der Waals surface area contributed by atoms with Crippen LogP contribution in [0.4, 0.5) is 5.13 Å². The lowest BCUT2D eigenvalue weighted by Gasteiger charge is -2.03. The largest absolute Gasteiger partial charge is 0.267 e. The molecule has 0 saturated heterocycles. The number of rotatable bonds is 5. The Kier molecular flexibility index (Phi) is 4.31. The number of aromatic nitrogens is 4. The second-order valence-electron chi connectivity index (χ2n) is 5.33. The minimum absolute atomic E-state index is 0.0941. The summed E-state index contributed by atoms with van der Waals surface area (Å²) in [5.41, 5.74) is 1.18. The lowest BCUT2D eigenvalue weighted by atomic mass is 10.3. The maximum atomic E-state index is 13.0. The fourth-order valence-electron chi connectivity index (χ4n) is 2.36. The van der Waals surface area contributed by atoms with Crippen molar-refractivity contribution in [1.82, 2.24) is 20.0 Å². The SMILES string of the molecule is Cc1nnc(NS(=O)(=O)c2cn(-c3ccccc3)nc2-c2cccs2)s1. The summed E-state index contributed by atoms with van der Waals surface area (Å²) in [5.74, 6) is 0. The maximum absolute atomic E-state index is 13.0. The summed E-state index contributed by atoms with van der Waals surface area (Å²) >= 11 is 2.61. The Morgan fingerprint density at radius 1 is 1.08 bits per heavy atom. The van der Waals surface area contributed by atoms with Gasteiger partial charge in [-0.1, -0.05) is 35.6 Å². The number of benzene rings is 1. The molecule has 1 aromatic carbocycles. The molecule has 0 spiro atoms. The van der Waals surface area contributed by atoms with Crippen molar-refractivity contribution in [2.24, 2.45) is 0 Å². The van der Waals surface area contributed by atoms with E-state index < -0.39 is 10.0 Å². The van der Waals surface area contributed by atoms with Crippen LogP contribution in [0.2, 0.25) is 0 Å². The second kappa shape index (κ2) is 6.63. The van der Waals surface area contributed by atoms with Gasteiger partial charge in [0, 0.05) is 0 Å². The number of para-hydroxylation sites is 1. The fraction of sp³-hybridized carbons (Fsp3) is 0.0625. The summed E-state index contributed by atoms with van der Waals surface area (Å²) in [6.45, 7) is 1.76. The van der Waals surface area contributed by atoms with Crippen LogP contribution in [0.5, 0.6) is 0 Å². The first-order valence-corrected chi connectivity index (χ1v) is 10.7. The Bertz CT molecular complexity index is 1130. The van der Waals surface area contributed by atoms with Gasteiger partial charge in [0.1, 0.15) is 15.6 Å². The number of nitrogens with one attached hydrogen (secondary N) is 1. The third-order valence-electron chi connectivity index (χ3n) is 3.49. The van der Waals surface area contributed by atoms with E-state index in [1.54, 1.807) is 11.6 Å². The van der Waals surface area contributed by atoms with Crippen LogP contribution in [0.15, 0.2) is 58.9 Å². The Labute approximate surface area is 158 Å². The van der Waals surface area contributed by atoms with Gasteiger partial charge >= 0.3 is 0 Å². The van der Waals surface area contributed by atoms with Crippen molar-refractivity contribution in [2.75, 3.05) is 4.72 Å². The van der Waals surface area contributed by atoms with Crippen LogP contribution in [-0.4, -0.2) is 28.4 Å². The summed E-state index contributed by atoms with van der Waals surface area (Å²) in [5, 5.41) is 15.0. The highest BCUT2D eigenvalue weighted by Crippen LogP contribution is 2.32. The number of aryl methyl sites for hydroxylation is 1. The lowest BCUT2D eigenvalue weighted by molar-refractivity contribution is 0.601. The minimum Gasteiger partial charge on any atom is -0.253 e. The predicted molar refractivity (Wildman–Crippen MR) is 102 cm³/mol. The Hall–Kier alpha value is -2.56. The van der Waals surface area contributed by atoms with Gasteiger partial charge in [-0.3, -0.25) is 4.72 Å². The van der Waals surface area contributed by atoms with Crippen molar-refractivity contribution in [3.8, 4) is 16.3 Å². The smallest absolute Gasteiger partial charge is 0.253 e. The number of hydrogen-bond donors (Lipinski definition) is 1. The first-order valence-electron chi connectivity index (χ1n) is 7.55. The summed E-state index contributed by atoms with van der Waals surface area (Å²) in [4.78, 5) is 0.866. The number of sulfonamides is 1. The van der Waals surface area contributed by atoms with E-state index in [1.165, 1.54) is 28.9 Å². The van der Waals surface area contributed by atoms with Crippen LogP contribution >= 0.6 is 22.7 Å². The summed E-state index contributed by atoms with van der Waals surface area (Å²) in [7, 11) is -3.86. The molecule has 10 heteroatoms. The molecule has 26 heavy (non-hydrogen) atoms. The van der Waals surface area contributed by atoms with E-state index in [1.807, 2.05) is 47.8 Å². The molecule has 0 saturated carbocycles. The van der Waals surface area contributed by atoms with E-state index in [-0.39, 0.29) is 10.0 Å². The topological polar surface area (TPSA) is 89.8 Å². The average molecular weight is 404 g/mol. The summed E-state index contributed by atoms with van der Waals surface area (Å²) in [6.07, 6.45) is 1.51. The molecule has 7 nitrogen and oxygen atoms in total. The van der Waals surface area contributed by atoms with Crippen LogP contribution in [0.3, 0.4) is 0 Å². The highest BCUT2D eigenvalue weighted by molar-refractivity contribution is 7.93. The lowest BCUT2D eigenvalue weighted by Crippen LogP contribution is -2.13. The highest BCUT2D eigenvalue weighted by Gasteiger charge is 2.26. The monoisotopic (exact) mass is 403 g/mol. The zero-order valence-electron chi connectivity index (χ0n) is 13.5. The molecule has 0 bridgehead atoms. The van der Waals surface area contributed by atoms with Gasteiger partial charge in [-0.15, -0.1) is 21.5 Å². The zero-order chi connectivity index (χ0) is 18.1. The van der Waals surface area contributed by atoms with Crippen LogP contribution in [-0.2, 0) is 10.0 Å². The molecule has 1 N–H and O–H groups in total. The van der Waals surface area contributed by atoms with Gasteiger partial charge in [0.25, 0.3) is 10.0 Å². The maximum Gasteiger partial charge on any atom is 0.267 e. The van der Waals surface area contributed by atoms with E-state index >= 15 is 0 Å². The molecule has 0 aliphatic carbocycles. The number of anilines is 1. The molecule has 3 heterocycles. The van der Waals surface area contributed by atoms with Gasteiger partial charge in [-0.05, 0) is 30.5 Å². The molecule has 0 atom stereocenters. The van der Waals surface area contributed by atoms with Gasteiger partial charge < -0.3 is 0 Å². The van der Waals surface area contributed by atoms with Crippen molar-refractivity contribution in [2.45, 2.75) is 11.8 Å². The molecule has 0 fully saturated rings. The number of thiophene rings is 1. The van der Waals surface area contributed by atoms with E-state index in [0.29, 0.717) is 10.7 Å². The molecular formula is C16H13N5O2S3. The molecule has 132 valence electrons. The molecule has 0 unspecified atom stereocenters. The van der Waals surface area contributed by atoms with Crippen molar-refractivity contribution in [1.29, 1.82) is 0 Å². The summed E-state index contributed by atoms with van der Waals surface area (Å²) in [6, 6.07) is 13.1. The Balaban J connectivity index is 1.82. The Morgan fingerprint density at radius 3 is 2.54 bits per heavy atom. The van der Waals surface area contributed by atoms with Crippen molar-refractivity contribution < 1.29 is 8.42 Å². The molecular weight excluding hydrogens is 390 g/mol. The third kappa shape index (κ3) is 3.26. The number of nitrogens with zero attached hydrogens (tertiary/aromatic N) is 4. The predicted octanol–water partition coefficient (Wildman–Crippen LogP) is 3.56. The van der Waals surface area contributed by atoms with Gasteiger partial charge in [0.15, 0.2) is 0 Å². The first kappa shape index (κ1) is 16.9.